The molecule has 178 valence electrons. The van der Waals surface area contributed by atoms with E-state index >= 15 is 0 Å². The number of anilines is 1. The Morgan fingerprint density at radius 3 is 2.69 bits per heavy atom. The average Bonchev–Trinajstić information content (AvgIpc) is 3.28. The molecule has 4 rings (SSSR count). The summed E-state index contributed by atoms with van der Waals surface area (Å²) in [7, 11) is -4.75. The minimum atomic E-state index is -4.75. The Morgan fingerprint density at radius 2 is 2.00 bits per heavy atom. The summed E-state index contributed by atoms with van der Waals surface area (Å²) in [4.78, 5) is 31.5. The highest BCUT2D eigenvalue weighted by molar-refractivity contribution is 7.99. The first kappa shape index (κ1) is 23.8. The zero-order valence-electron chi connectivity index (χ0n) is 17.6. The maximum absolute atomic E-state index is 11.0. The normalized spacial score (nSPS) is 27.3. The molecule has 2 aliphatic rings. The van der Waals surface area contributed by atoms with Crippen LogP contribution in [-0.4, -0.2) is 76.2 Å². The van der Waals surface area contributed by atoms with Gasteiger partial charge >= 0.3 is 7.82 Å². The lowest BCUT2D eigenvalue weighted by Gasteiger charge is -2.20. The summed E-state index contributed by atoms with van der Waals surface area (Å²) in [5.41, 5.74) is 0.933. The Labute approximate surface area is 189 Å². The number of hydrogen-bond acceptors (Lipinski definition) is 10. The monoisotopic (exact) mass is 489 g/mol. The van der Waals surface area contributed by atoms with Gasteiger partial charge in [-0.1, -0.05) is 31.0 Å². The first-order valence-electron chi connectivity index (χ1n) is 10.6. The van der Waals surface area contributed by atoms with Crippen LogP contribution in [0.15, 0.2) is 11.5 Å². The number of fused-ring (bicyclic) bond motifs is 1. The van der Waals surface area contributed by atoms with Crippen LogP contribution < -0.4 is 5.32 Å². The summed E-state index contributed by atoms with van der Waals surface area (Å²) in [5.74, 6) is 0.573. The molecule has 2 fully saturated rings. The summed E-state index contributed by atoms with van der Waals surface area (Å²) >= 11 is 1.62. The van der Waals surface area contributed by atoms with Crippen molar-refractivity contribution in [2.75, 3.05) is 18.5 Å². The molecule has 2 aromatic heterocycles. The number of aliphatic hydroxyl groups excluding tert-OH is 2. The largest absolute Gasteiger partial charge is 0.469 e. The van der Waals surface area contributed by atoms with E-state index in [1.807, 2.05) is 6.92 Å². The summed E-state index contributed by atoms with van der Waals surface area (Å²) in [6, 6.07) is 0. The summed E-state index contributed by atoms with van der Waals surface area (Å²) in [6.07, 6.45) is 2.33. The van der Waals surface area contributed by atoms with E-state index in [9.17, 15) is 14.8 Å². The molecule has 0 amide bonds. The van der Waals surface area contributed by atoms with Crippen LogP contribution in [0.2, 0.25) is 0 Å². The molecule has 0 aromatic carbocycles. The highest BCUT2D eigenvalue weighted by Gasteiger charge is 2.45. The van der Waals surface area contributed by atoms with E-state index in [0.717, 1.165) is 12.8 Å². The van der Waals surface area contributed by atoms with Crippen LogP contribution in [0, 0.1) is 0 Å². The van der Waals surface area contributed by atoms with Crippen molar-refractivity contribution in [3.05, 3.63) is 6.33 Å². The predicted octanol–water partition coefficient (Wildman–Crippen LogP) is 1.41. The van der Waals surface area contributed by atoms with Gasteiger partial charge < -0.3 is 30.1 Å². The van der Waals surface area contributed by atoms with Crippen molar-refractivity contribution in [2.45, 2.75) is 74.0 Å². The Bertz CT molecular complexity index is 982. The molecule has 5 N–H and O–H groups in total. The lowest BCUT2D eigenvalue weighted by Crippen LogP contribution is -2.33. The lowest BCUT2D eigenvalue weighted by atomic mass is 10.0. The topological polar surface area (TPSA) is 172 Å². The number of imidazole rings is 1. The fourth-order valence-corrected chi connectivity index (χ4v) is 5.52. The van der Waals surface area contributed by atoms with Crippen LogP contribution in [-0.2, 0) is 13.8 Å². The van der Waals surface area contributed by atoms with E-state index in [4.69, 9.17) is 14.5 Å². The third-order valence-corrected chi connectivity index (χ3v) is 7.27. The number of nitrogens with zero attached hydrogens (tertiary/aromatic N) is 4. The summed E-state index contributed by atoms with van der Waals surface area (Å²) in [5, 5.41) is 25.1. The van der Waals surface area contributed by atoms with E-state index in [1.54, 1.807) is 11.8 Å². The first-order valence-corrected chi connectivity index (χ1v) is 13.0. The number of aromatic nitrogens is 4. The maximum atomic E-state index is 11.0. The van der Waals surface area contributed by atoms with Crippen molar-refractivity contribution in [1.29, 1.82) is 0 Å². The zero-order chi connectivity index (χ0) is 22.9. The van der Waals surface area contributed by atoms with Crippen molar-refractivity contribution in [3.63, 3.8) is 0 Å². The molecule has 3 heterocycles. The number of phosphoric ester groups is 1. The smallest absolute Gasteiger partial charge is 0.387 e. The minimum absolute atomic E-state index is 0.432. The molecule has 14 heteroatoms. The summed E-state index contributed by atoms with van der Waals surface area (Å²) in [6.45, 7) is 2.01. The van der Waals surface area contributed by atoms with Gasteiger partial charge in [-0.3, -0.25) is 9.09 Å². The fraction of sp³-hybridized carbons (Fsp3) is 0.722. The quantitative estimate of drug-likeness (QED) is 0.267. The molecule has 12 nitrogen and oxygen atoms in total. The van der Waals surface area contributed by atoms with Crippen LogP contribution in [0.3, 0.4) is 0 Å². The van der Waals surface area contributed by atoms with Gasteiger partial charge in [0.15, 0.2) is 28.4 Å². The second-order valence-electron chi connectivity index (χ2n) is 7.92. The molecular formula is C18H28N5O7PS. The minimum Gasteiger partial charge on any atom is -0.387 e. The predicted molar refractivity (Wildman–Crippen MR) is 116 cm³/mol. The Balaban J connectivity index is 1.62. The van der Waals surface area contributed by atoms with Crippen molar-refractivity contribution < 1.29 is 33.8 Å². The second kappa shape index (κ2) is 9.90. The Hall–Kier alpha value is -1.31. The molecule has 1 aliphatic heterocycles. The maximum Gasteiger partial charge on any atom is 0.469 e. The molecule has 2 aromatic rings. The molecule has 1 saturated carbocycles. The van der Waals surface area contributed by atoms with Gasteiger partial charge in [0.05, 0.1) is 12.9 Å². The standard InChI is InChI=1S/C18H28N5O7PS/c1-2-19-15-12-16(22-18(21-15)32-10-6-4-3-5-7-10)23(9-20-12)17-14(25)13(24)11(30-17)8-29-31(26,27)28/h9-11,13-14,17,24-25H,2-8H2,1H3,(H,19,21,22)(H2,26,27,28)/t11-,13?,14?,17-/m1/s1. The average molecular weight is 489 g/mol. The molecule has 1 aliphatic carbocycles. The fourth-order valence-electron chi connectivity index (χ4n) is 4.03. The van der Waals surface area contributed by atoms with E-state index in [-0.39, 0.29) is 0 Å². The number of aliphatic hydroxyl groups is 2. The van der Waals surface area contributed by atoms with Crippen molar-refractivity contribution in [1.82, 2.24) is 19.5 Å². The third kappa shape index (κ3) is 5.26. The third-order valence-electron chi connectivity index (χ3n) is 5.59. The van der Waals surface area contributed by atoms with Crippen LogP contribution in [0.25, 0.3) is 11.2 Å². The van der Waals surface area contributed by atoms with Gasteiger partial charge in [-0.2, -0.15) is 0 Å². The molecule has 32 heavy (non-hydrogen) atoms. The molecule has 0 radical (unpaired) electrons. The molecule has 2 unspecified atom stereocenters. The molecular weight excluding hydrogens is 461 g/mol. The highest BCUT2D eigenvalue weighted by atomic mass is 32.2. The highest BCUT2D eigenvalue weighted by Crippen LogP contribution is 2.39. The zero-order valence-corrected chi connectivity index (χ0v) is 19.3. The first-order chi connectivity index (χ1) is 15.3. The molecule has 0 spiro atoms. The molecule has 4 atom stereocenters. The van der Waals surface area contributed by atoms with Crippen LogP contribution in [0.1, 0.15) is 45.3 Å². The number of rotatable bonds is 8. The van der Waals surface area contributed by atoms with Crippen LogP contribution >= 0.6 is 19.6 Å². The number of nitrogens with one attached hydrogen (secondary N) is 1. The van der Waals surface area contributed by atoms with Crippen molar-refractivity contribution in [3.8, 4) is 0 Å². The Morgan fingerprint density at radius 1 is 1.25 bits per heavy atom. The van der Waals surface area contributed by atoms with Gasteiger partial charge in [-0.15, -0.1) is 0 Å². The number of thioether (sulfide) groups is 1. The lowest BCUT2D eigenvalue weighted by molar-refractivity contribution is -0.0504. The van der Waals surface area contributed by atoms with Gasteiger partial charge in [-0.05, 0) is 19.8 Å². The van der Waals surface area contributed by atoms with Crippen molar-refractivity contribution in [2.24, 2.45) is 0 Å². The molecule has 1 saturated heterocycles. The number of hydrogen-bond donors (Lipinski definition) is 5. The second-order valence-corrected chi connectivity index (χ2v) is 10.4. The van der Waals surface area contributed by atoms with E-state index in [0.29, 0.717) is 33.9 Å². The SMILES string of the molecule is CCNc1nc(SC2CCCCC2)nc2c1ncn2[C@@H]1O[C@H](COP(=O)(O)O)C(O)C1O. The van der Waals surface area contributed by atoms with E-state index in [1.165, 1.54) is 30.2 Å². The number of phosphoric acid groups is 1. The Kier molecular flexibility index (Phi) is 7.37. The van der Waals surface area contributed by atoms with Gasteiger partial charge in [0.2, 0.25) is 0 Å². The van der Waals surface area contributed by atoms with Crippen LogP contribution in [0.5, 0.6) is 0 Å². The van der Waals surface area contributed by atoms with Gasteiger partial charge in [0, 0.05) is 11.8 Å². The van der Waals surface area contributed by atoms with E-state index < -0.39 is 39.0 Å². The van der Waals surface area contributed by atoms with Gasteiger partial charge in [0.25, 0.3) is 0 Å². The van der Waals surface area contributed by atoms with E-state index in [2.05, 4.69) is 24.8 Å². The number of ether oxygens (including phenoxy) is 1. The van der Waals surface area contributed by atoms with Gasteiger partial charge in [-0.25, -0.2) is 19.5 Å². The molecule has 0 bridgehead atoms. The summed E-state index contributed by atoms with van der Waals surface area (Å²) < 4.78 is 22.6. The van der Waals surface area contributed by atoms with Crippen molar-refractivity contribution >= 4 is 36.6 Å². The van der Waals surface area contributed by atoms with Gasteiger partial charge in [0.1, 0.15) is 18.3 Å². The van der Waals surface area contributed by atoms with Crippen LogP contribution in [0.4, 0.5) is 5.82 Å².